The van der Waals surface area contributed by atoms with Crippen molar-refractivity contribution < 1.29 is 9.53 Å². The largest absolute Gasteiger partial charge is 0.462 e. The minimum absolute atomic E-state index is 0.0847. The second kappa shape index (κ2) is 8.23. The van der Waals surface area contributed by atoms with Gasteiger partial charge in [0.25, 0.3) is 0 Å². The molecule has 0 atom stereocenters. The van der Waals surface area contributed by atoms with E-state index in [4.69, 9.17) is 11.3 Å². The molecule has 0 spiro atoms. The highest BCUT2D eigenvalue weighted by Gasteiger charge is 2.07. The number of hydrogen-bond donors (Lipinski definition) is 1. The van der Waals surface area contributed by atoms with Crippen LogP contribution in [0.1, 0.15) is 32.8 Å². The van der Waals surface area contributed by atoms with Crippen LogP contribution in [0.3, 0.4) is 0 Å². The van der Waals surface area contributed by atoms with Crippen LogP contribution in [-0.2, 0) is 9.53 Å². The number of nitrogens with zero attached hydrogens (tertiary/aromatic N) is 1. The van der Waals surface area contributed by atoms with Crippen LogP contribution in [-0.4, -0.2) is 24.7 Å². The van der Waals surface area contributed by atoms with Crippen molar-refractivity contribution in [2.75, 3.05) is 13.2 Å². The lowest BCUT2D eigenvalue weighted by atomic mass is 10.1. The summed E-state index contributed by atoms with van der Waals surface area (Å²) in [5.74, 6) is -0.347. The molecule has 0 aliphatic rings. The molecule has 0 fully saturated rings. The fraction of sp³-hybridized carbons (Fsp3) is 0.412. The lowest BCUT2D eigenvalue weighted by molar-refractivity contribution is -0.137. The van der Waals surface area contributed by atoms with Gasteiger partial charge in [0, 0.05) is 11.6 Å². The zero-order valence-electron chi connectivity index (χ0n) is 12.8. The molecule has 21 heavy (non-hydrogen) atoms. The van der Waals surface area contributed by atoms with Crippen LogP contribution in [0, 0.1) is 6.57 Å². The molecular weight excluding hydrogens is 264 g/mol. The summed E-state index contributed by atoms with van der Waals surface area (Å²) in [6.45, 7) is 14.4. The molecule has 1 rings (SSSR count). The van der Waals surface area contributed by atoms with E-state index >= 15 is 0 Å². The molecule has 0 saturated heterocycles. The normalized spacial score (nSPS) is 11.3. The van der Waals surface area contributed by atoms with E-state index in [1.165, 1.54) is 6.08 Å². The van der Waals surface area contributed by atoms with Crippen LogP contribution >= 0.6 is 0 Å². The second-order valence-electron chi connectivity index (χ2n) is 5.73. The Bertz CT molecular complexity index is 519. The molecule has 4 nitrogen and oxygen atoms in total. The molecule has 0 unspecified atom stereocenters. The van der Waals surface area contributed by atoms with Gasteiger partial charge >= 0.3 is 5.97 Å². The van der Waals surface area contributed by atoms with E-state index in [9.17, 15) is 4.79 Å². The molecule has 0 heterocycles. The van der Waals surface area contributed by atoms with Crippen molar-refractivity contribution in [2.24, 2.45) is 0 Å². The Morgan fingerprint density at radius 2 is 2.00 bits per heavy atom. The van der Waals surface area contributed by atoms with E-state index in [1.807, 2.05) is 0 Å². The van der Waals surface area contributed by atoms with Crippen LogP contribution in [0.25, 0.3) is 10.9 Å². The van der Waals surface area contributed by atoms with Gasteiger partial charge in [-0.3, -0.25) is 0 Å². The Hall–Kier alpha value is -2.12. The molecule has 0 aromatic heterocycles. The first-order valence-electron chi connectivity index (χ1n) is 6.98. The summed E-state index contributed by atoms with van der Waals surface area (Å²) in [5, 5.41) is 3.33. The molecular formula is C17H22N2O2. The summed E-state index contributed by atoms with van der Waals surface area (Å²) in [5.41, 5.74) is 1.54. The van der Waals surface area contributed by atoms with Crippen molar-refractivity contribution in [3.05, 3.63) is 47.3 Å². The van der Waals surface area contributed by atoms with Crippen molar-refractivity contribution >= 4 is 17.7 Å². The molecule has 1 aromatic carbocycles. The van der Waals surface area contributed by atoms with Crippen molar-refractivity contribution in [3.63, 3.8) is 0 Å². The van der Waals surface area contributed by atoms with E-state index in [1.54, 1.807) is 30.3 Å². The van der Waals surface area contributed by atoms with Crippen LogP contribution in [0.2, 0.25) is 0 Å². The van der Waals surface area contributed by atoms with Crippen molar-refractivity contribution in [2.45, 2.75) is 32.7 Å². The topological polar surface area (TPSA) is 42.7 Å². The van der Waals surface area contributed by atoms with Crippen LogP contribution in [0.4, 0.5) is 5.69 Å². The number of esters is 1. The third-order valence-corrected chi connectivity index (χ3v) is 2.65. The summed E-state index contributed by atoms with van der Waals surface area (Å²) >= 11 is 0. The van der Waals surface area contributed by atoms with Crippen molar-refractivity contribution in [1.29, 1.82) is 0 Å². The maximum atomic E-state index is 11.5. The Kier molecular flexibility index (Phi) is 6.64. The summed E-state index contributed by atoms with van der Waals surface area (Å²) in [7, 11) is 0. The highest BCUT2D eigenvalue weighted by Crippen LogP contribution is 2.13. The third-order valence-electron chi connectivity index (χ3n) is 2.65. The highest BCUT2D eigenvalue weighted by atomic mass is 16.5. The van der Waals surface area contributed by atoms with Crippen LogP contribution in [0.15, 0.2) is 30.3 Å². The second-order valence-corrected chi connectivity index (χ2v) is 5.73. The summed E-state index contributed by atoms with van der Waals surface area (Å²) in [6, 6.07) is 7.03. The number of hydrogen-bond acceptors (Lipinski definition) is 3. The minimum Gasteiger partial charge on any atom is -0.462 e. The van der Waals surface area contributed by atoms with Gasteiger partial charge in [-0.05, 0) is 45.4 Å². The monoisotopic (exact) mass is 286 g/mol. The molecule has 0 aliphatic carbocycles. The first kappa shape index (κ1) is 16.9. The zero-order valence-corrected chi connectivity index (χ0v) is 12.8. The van der Waals surface area contributed by atoms with Gasteiger partial charge in [-0.1, -0.05) is 24.3 Å². The standard InChI is InChI=1S/C17H22N2O2/c1-17(2,3)19-12-5-13-21-16(20)11-8-14-6-9-15(18-4)10-7-14/h6-11,19H,5,12-13H2,1-3H3/b11-8+. The Labute approximate surface area is 126 Å². The fourth-order valence-electron chi connectivity index (χ4n) is 1.58. The van der Waals surface area contributed by atoms with Gasteiger partial charge in [-0.25, -0.2) is 9.64 Å². The molecule has 0 saturated carbocycles. The minimum atomic E-state index is -0.347. The number of nitrogens with one attached hydrogen (secondary N) is 1. The van der Waals surface area contributed by atoms with E-state index in [0.717, 1.165) is 18.5 Å². The number of rotatable bonds is 6. The predicted molar refractivity (Wildman–Crippen MR) is 85.1 cm³/mol. The van der Waals surface area contributed by atoms with Crippen LogP contribution in [0.5, 0.6) is 0 Å². The lowest BCUT2D eigenvalue weighted by Crippen LogP contribution is -2.36. The first-order chi connectivity index (χ1) is 9.90. The van der Waals surface area contributed by atoms with E-state index in [2.05, 4.69) is 30.9 Å². The molecule has 1 aromatic rings. The van der Waals surface area contributed by atoms with Gasteiger partial charge in [-0.2, -0.15) is 0 Å². The van der Waals surface area contributed by atoms with Gasteiger partial charge in [-0.15, -0.1) is 0 Å². The summed E-state index contributed by atoms with van der Waals surface area (Å²) in [6.07, 6.45) is 3.88. The first-order valence-corrected chi connectivity index (χ1v) is 6.98. The summed E-state index contributed by atoms with van der Waals surface area (Å²) in [4.78, 5) is 14.8. The molecule has 0 amide bonds. The Balaban J connectivity index is 2.27. The Morgan fingerprint density at radius 1 is 1.33 bits per heavy atom. The number of ether oxygens (including phenoxy) is 1. The van der Waals surface area contributed by atoms with Crippen molar-refractivity contribution in [1.82, 2.24) is 5.32 Å². The molecule has 112 valence electrons. The molecule has 4 heteroatoms. The van der Waals surface area contributed by atoms with Gasteiger partial charge in [0.1, 0.15) is 0 Å². The Morgan fingerprint density at radius 3 is 2.57 bits per heavy atom. The fourth-order valence-corrected chi connectivity index (χ4v) is 1.58. The van der Waals surface area contributed by atoms with Gasteiger partial charge in [0.05, 0.1) is 13.2 Å². The average Bonchev–Trinajstić information content (AvgIpc) is 2.44. The molecule has 0 bridgehead atoms. The smallest absolute Gasteiger partial charge is 0.330 e. The predicted octanol–water partition coefficient (Wildman–Crippen LogP) is 3.57. The molecule has 0 radical (unpaired) electrons. The number of carbonyl (C=O) groups excluding carboxylic acids is 1. The number of benzene rings is 1. The summed E-state index contributed by atoms with van der Waals surface area (Å²) < 4.78 is 5.11. The molecule has 1 N–H and O–H groups in total. The quantitative estimate of drug-likeness (QED) is 0.376. The number of carbonyl (C=O) groups is 1. The van der Waals surface area contributed by atoms with E-state index < -0.39 is 0 Å². The third kappa shape index (κ3) is 7.91. The van der Waals surface area contributed by atoms with E-state index in [-0.39, 0.29) is 11.5 Å². The SMILES string of the molecule is [C-]#[N+]c1ccc(/C=C/C(=O)OCCCNC(C)(C)C)cc1. The van der Waals surface area contributed by atoms with Crippen molar-refractivity contribution in [3.8, 4) is 0 Å². The lowest BCUT2D eigenvalue weighted by Gasteiger charge is -2.20. The van der Waals surface area contributed by atoms with Gasteiger partial charge < -0.3 is 10.1 Å². The zero-order chi connectivity index (χ0) is 15.7. The maximum absolute atomic E-state index is 11.5. The van der Waals surface area contributed by atoms with E-state index in [0.29, 0.717) is 12.3 Å². The van der Waals surface area contributed by atoms with Crippen LogP contribution < -0.4 is 5.32 Å². The maximum Gasteiger partial charge on any atom is 0.330 e. The van der Waals surface area contributed by atoms with Gasteiger partial charge in [0.15, 0.2) is 5.69 Å². The van der Waals surface area contributed by atoms with Gasteiger partial charge in [0.2, 0.25) is 0 Å². The highest BCUT2D eigenvalue weighted by molar-refractivity contribution is 5.87. The average molecular weight is 286 g/mol. The molecule has 0 aliphatic heterocycles.